The summed E-state index contributed by atoms with van der Waals surface area (Å²) in [6, 6.07) is 0.364. The molecule has 1 aliphatic rings. The molecule has 0 aliphatic heterocycles. The predicted molar refractivity (Wildman–Crippen MR) is 76.8 cm³/mol. The number of rotatable bonds is 3. The highest BCUT2D eigenvalue weighted by Crippen LogP contribution is 2.42. The summed E-state index contributed by atoms with van der Waals surface area (Å²) in [7, 11) is 0. The predicted octanol–water partition coefficient (Wildman–Crippen LogP) is 4.23. The van der Waals surface area contributed by atoms with E-state index in [0.29, 0.717) is 23.3 Å². The number of hydrogen-bond donors (Lipinski definition) is 1. The highest BCUT2D eigenvalue weighted by atomic mass is 14.7. The van der Waals surface area contributed by atoms with Crippen LogP contribution in [-0.2, 0) is 0 Å². The Bertz CT molecular complexity index is 261. The van der Waals surface area contributed by atoms with Crippen LogP contribution in [0.15, 0.2) is 12.2 Å². The van der Waals surface area contributed by atoms with Gasteiger partial charge in [0.25, 0.3) is 0 Å². The standard InChI is InChI=1S/C16H31N/c1-7-8-13-10-14(12(3)15(13)17)9-11(2)16(4,5)6/h7-8,11-15H,9-10,17H2,1-6H3/b8-7+. The van der Waals surface area contributed by atoms with Crippen LogP contribution in [0.2, 0.25) is 0 Å². The molecule has 1 heteroatoms. The molecule has 1 aliphatic carbocycles. The molecule has 2 N–H and O–H groups in total. The molecule has 0 aromatic carbocycles. The fraction of sp³-hybridized carbons (Fsp3) is 0.875. The highest BCUT2D eigenvalue weighted by Gasteiger charge is 2.38. The molecule has 0 aromatic rings. The molecule has 5 unspecified atom stereocenters. The molecular formula is C16H31N. The molecular weight excluding hydrogens is 206 g/mol. The van der Waals surface area contributed by atoms with Crippen molar-refractivity contribution in [2.24, 2.45) is 34.8 Å². The van der Waals surface area contributed by atoms with Gasteiger partial charge in [0.05, 0.1) is 0 Å². The van der Waals surface area contributed by atoms with Crippen LogP contribution in [0.3, 0.4) is 0 Å². The largest absolute Gasteiger partial charge is 0.327 e. The summed E-state index contributed by atoms with van der Waals surface area (Å²) < 4.78 is 0. The minimum atomic E-state index is 0.364. The van der Waals surface area contributed by atoms with Crippen LogP contribution in [0, 0.1) is 29.1 Å². The van der Waals surface area contributed by atoms with E-state index in [2.05, 4.69) is 53.7 Å². The molecule has 1 nitrogen and oxygen atoms in total. The molecule has 0 spiro atoms. The lowest BCUT2D eigenvalue weighted by molar-refractivity contribution is 0.196. The van der Waals surface area contributed by atoms with Crippen molar-refractivity contribution < 1.29 is 0 Å². The van der Waals surface area contributed by atoms with Gasteiger partial charge in [-0.05, 0) is 48.9 Å². The van der Waals surface area contributed by atoms with Crippen molar-refractivity contribution in [1.29, 1.82) is 0 Å². The van der Waals surface area contributed by atoms with Crippen molar-refractivity contribution in [3.05, 3.63) is 12.2 Å². The quantitative estimate of drug-likeness (QED) is 0.730. The number of nitrogens with two attached hydrogens (primary N) is 1. The Hall–Kier alpha value is -0.300. The van der Waals surface area contributed by atoms with E-state index in [4.69, 9.17) is 5.73 Å². The Balaban J connectivity index is 2.62. The molecule has 0 amide bonds. The number of hydrogen-bond acceptors (Lipinski definition) is 1. The Labute approximate surface area is 108 Å². The molecule has 17 heavy (non-hydrogen) atoms. The van der Waals surface area contributed by atoms with E-state index in [1.54, 1.807) is 0 Å². The zero-order chi connectivity index (χ0) is 13.2. The third-order valence-electron chi connectivity index (χ3n) is 4.99. The van der Waals surface area contributed by atoms with E-state index in [1.807, 2.05) is 0 Å². The van der Waals surface area contributed by atoms with Crippen LogP contribution < -0.4 is 5.73 Å². The lowest BCUT2D eigenvalue weighted by Gasteiger charge is -2.31. The van der Waals surface area contributed by atoms with Gasteiger partial charge in [0, 0.05) is 6.04 Å². The first-order valence-corrected chi connectivity index (χ1v) is 7.15. The Morgan fingerprint density at radius 3 is 2.41 bits per heavy atom. The molecule has 1 saturated carbocycles. The van der Waals surface area contributed by atoms with Gasteiger partial charge in [-0.1, -0.05) is 46.8 Å². The maximum atomic E-state index is 6.33. The van der Waals surface area contributed by atoms with Crippen LogP contribution in [0.1, 0.15) is 54.4 Å². The third-order valence-corrected chi connectivity index (χ3v) is 4.99. The summed E-state index contributed by atoms with van der Waals surface area (Å²) >= 11 is 0. The van der Waals surface area contributed by atoms with Gasteiger partial charge in [-0.25, -0.2) is 0 Å². The number of allylic oxidation sites excluding steroid dienone is 1. The molecule has 0 bridgehead atoms. The van der Waals surface area contributed by atoms with Crippen molar-refractivity contribution in [3.63, 3.8) is 0 Å². The zero-order valence-electron chi connectivity index (χ0n) is 12.5. The average Bonchev–Trinajstić information content (AvgIpc) is 2.46. The Morgan fingerprint density at radius 2 is 1.94 bits per heavy atom. The molecule has 5 atom stereocenters. The summed E-state index contributed by atoms with van der Waals surface area (Å²) in [4.78, 5) is 0. The van der Waals surface area contributed by atoms with Gasteiger partial charge < -0.3 is 5.73 Å². The van der Waals surface area contributed by atoms with Gasteiger partial charge in [-0.3, -0.25) is 0 Å². The van der Waals surface area contributed by atoms with Crippen LogP contribution >= 0.6 is 0 Å². The molecule has 100 valence electrons. The minimum Gasteiger partial charge on any atom is -0.327 e. The summed E-state index contributed by atoms with van der Waals surface area (Å²) in [5.74, 6) is 2.85. The fourth-order valence-corrected chi connectivity index (χ4v) is 3.00. The molecule has 1 fully saturated rings. The Morgan fingerprint density at radius 1 is 1.35 bits per heavy atom. The van der Waals surface area contributed by atoms with Gasteiger partial charge in [0.2, 0.25) is 0 Å². The summed E-state index contributed by atoms with van der Waals surface area (Å²) in [6.07, 6.45) is 7.08. The smallest absolute Gasteiger partial charge is 0.0130 e. The van der Waals surface area contributed by atoms with Crippen LogP contribution in [0.25, 0.3) is 0 Å². The van der Waals surface area contributed by atoms with Gasteiger partial charge in [0.15, 0.2) is 0 Å². The van der Waals surface area contributed by atoms with Crippen molar-refractivity contribution in [3.8, 4) is 0 Å². The van der Waals surface area contributed by atoms with Gasteiger partial charge >= 0.3 is 0 Å². The second-order valence-electron chi connectivity index (χ2n) is 7.12. The summed E-state index contributed by atoms with van der Waals surface area (Å²) in [6.45, 7) is 13.9. The molecule has 0 saturated heterocycles. The van der Waals surface area contributed by atoms with Crippen molar-refractivity contribution in [2.45, 2.75) is 60.4 Å². The van der Waals surface area contributed by atoms with Crippen molar-refractivity contribution in [1.82, 2.24) is 0 Å². The fourth-order valence-electron chi connectivity index (χ4n) is 3.00. The monoisotopic (exact) mass is 237 g/mol. The maximum Gasteiger partial charge on any atom is 0.0130 e. The minimum absolute atomic E-state index is 0.364. The normalized spacial score (nSPS) is 36.6. The third kappa shape index (κ3) is 3.58. The van der Waals surface area contributed by atoms with E-state index in [9.17, 15) is 0 Å². The summed E-state index contributed by atoms with van der Waals surface area (Å²) in [5.41, 5.74) is 6.75. The first kappa shape index (κ1) is 14.8. The molecule has 0 aromatic heterocycles. The molecule has 0 radical (unpaired) electrons. The zero-order valence-corrected chi connectivity index (χ0v) is 12.5. The van der Waals surface area contributed by atoms with Crippen LogP contribution in [0.4, 0.5) is 0 Å². The van der Waals surface area contributed by atoms with Gasteiger partial charge in [-0.15, -0.1) is 0 Å². The van der Waals surface area contributed by atoms with Crippen LogP contribution in [-0.4, -0.2) is 6.04 Å². The Kier molecular flexibility index (Phi) is 4.83. The van der Waals surface area contributed by atoms with E-state index in [-0.39, 0.29) is 0 Å². The maximum absolute atomic E-state index is 6.33. The van der Waals surface area contributed by atoms with Gasteiger partial charge in [0.1, 0.15) is 0 Å². The van der Waals surface area contributed by atoms with Crippen molar-refractivity contribution >= 4 is 0 Å². The highest BCUT2D eigenvalue weighted by molar-refractivity contribution is 5.01. The van der Waals surface area contributed by atoms with Crippen LogP contribution in [0.5, 0.6) is 0 Å². The second-order valence-corrected chi connectivity index (χ2v) is 7.12. The van der Waals surface area contributed by atoms with E-state index < -0.39 is 0 Å². The average molecular weight is 237 g/mol. The molecule has 0 heterocycles. The van der Waals surface area contributed by atoms with E-state index >= 15 is 0 Å². The SMILES string of the molecule is C/C=C/C1CC(CC(C)C(C)(C)C)C(C)C1N. The second kappa shape index (κ2) is 5.56. The first-order chi connectivity index (χ1) is 7.77. The lowest BCUT2D eigenvalue weighted by atomic mass is 9.75. The van der Waals surface area contributed by atoms with Crippen molar-refractivity contribution in [2.75, 3.05) is 0 Å². The van der Waals surface area contributed by atoms with E-state index in [1.165, 1.54) is 12.8 Å². The van der Waals surface area contributed by atoms with Gasteiger partial charge in [-0.2, -0.15) is 0 Å². The molecule has 1 rings (SSSR count). The summed E-state index contributed by atoms with van der Waals surface area (Å²) in [5, 5.41) is 0. The topological polar surface area (TPSA) is 26.0 Å². The van der Waals surface area contributed by atoms with E-state index in [0.717, 1.165) is 11.8 Å². The lowest BCUT2D eigenvalue weighted by Crippen LogP contribution is -2.31. The first-order valence-electron chi connectivity index (χ1n) is 7.15.